The fourth-order valence-electron chi connectivity index (χ4n) is 2.41. The number of aliphatic hydroxyl groups is 1. The Bertz CT molecular complexity index is 406. The maximum Gasteiger partial charge on any atom is 0.0701 e. The van der Waals surface area contributed by atoms with Crippen LogP contribution in [0.4, 0.5) is 5.69 Å². The summed E-state index contributed by atoms with van der Waals surface area (Å²) in [5, 5.41) is 9.47. The normalized spacial score (nSPS) is 17.8. The van der Waals surface area contributed by atoms with Crippen LogP contribution in [-0.4, -0.2) is 42.4 Å². The molecule has 0 spiro atoms. The first kappa shape index (κ1) is 14.6. The van der Waals surface area contributed by atoms with Gasteiger partial charge in [0.05, 0.1) is 19.3 Å². The summed E-state index contributed by atoms with van der Waals surface area (Å²) in [6.45, 7) is 3.34. The fourth-order valence-corrected chi connectivity index (χ4v) is 2.60. The van der Waals surface area contributed by atoms with E-state index in [2.05, 4.69) is 4.90 Å². The molecule has 1 aliphatic heterocycles. The zero-order chi connectivity index (χ0) is 13.7. The number of nitrogen functional groups attached to an aromatic ring is 1. The Morgan fingerprint density at radius 1 is 1.37 bits per heavy atom. The van der Waals surface area contributed by atoms with Gasteiger partial charge in [0.25, 0.3) is 0 Å². The first-order chi connectivity index (χ1) is 9.19. The summed E-state index contributed by atoms with van der Waals surface area (Å²) in [5.41, 5.74) is 7.84. The van der Waals surface area contributed by atoms with Gasteiger partial charge in [0.1, 0.15) is 0 Å². The molecule has 0 unspecified atom stereocenters. The summed E-state index contributed by atoms with van der Waals surface area (Å²) in [6, 6.07) is 5.61. The van der Waals surface area contributed by atoms with E-state index in [0.29, 0.717) is 6.61 Å². The van der Waals surface area contributed by atoms with E-state index in [1.54, 1.807) is 0 Å². The molecule has 19 heavy (non-hydrogen) atoms. The number of nitrogens with two attached hydrogens (primary N) is 1. The zero-order valence-electron chi connectivity index (χ0n) is 11.0. The number of ether oxygens (including phenoxy) is 1. The number of piperidine rings is 1. The highest BCUT2D eigenvalue weighted by atomic mass is 35.5. The average molecular weight is 285 g/mol. The maximum absolute atomic E-state index is 8.74. The highest BCUT2D eigenvalue weighted by Crippen LogP contribution is 2.22. The van der Waals surface area contributed by atoms with Gasteiger partial charge in [-0.3, -0.25) is 4.90 Å². The highest BCUT2D eigenvalue weighted by Gasteiger charge is 2.20. The van der Waals surface area contributed by atoms with Crippen LogP contribution in [-0.2, 0) is 11.3 Å². The van der Waals surface area contributed by atoms with Crippen LogP contribution in [0.25, 0.3) is 0 Å². The molecule has 4 nitrogen and oxygen atoms in total. The van der Waals surface area contributed by atoms with Crippen LogP contribution in [0.3, 0.4) is 0 Å². The van der Waals surface area contributed by atoms with Crippen LogP contribution in [0.1, 0.15) is 18.4 Å². The Kier molecular flexibility index (Phi) is 5.45. The third-order valence-electron chi connectivity index (χ3n) is 3.48. The summed E-state index contributed by atoms with van der Waals surface area (Å²) in [4.78, 5) is 2.36. The van der Waals surface area contributed by atoms with Crippen LogP contribution in [0.15, 0.2) is 18.2 Å². The molecule has 1 saturated heterocycles. The summed E-state index contributed by atoms with van der Waals surface area (Å²) in [7, 11) is 0. The minimum atomic E-state index is 0.0965. The molecule has 0 saturated carbocycles. The quantitative estimate of drug-likeness (QED) is 0.811. The Labute approximate surface area is 119 Å². The number of aliphatic hydroxyl groups excluding tert-OH is 1. The first-order valence-corrected chi connectivity index (χ1v) is 7.05. The van der Waals surface area contributed by atoms with Crippen LogP contribution >= 0.6 is 11.6 Å². The molecule has 1 aromatic carbocycles. The van der Waals surface area contributed by atoms with Gasteiger partial charge in [-0.2, -0.15) is 0 Å². The van der Waals surface area contributed by atoms with E-state index in [9.17, 15) is 0 Å². The maximum atomic E-state index is 8.74. The minimum absolute atomic E-state index is 0.0965. The number of halogens is 1. The third-order valence-corrected chi connectivity index (χ3v) is 3.71. The molecule has 0 aromatic heterocycles. The molecule has 2 rings (SSSR count). The molecule has 0 bridgehead atoms. The third kappa shape index (κ3) is 4.35. The summed E-state index contributed by atoms with van der Waals surface area (Å²) >= 11 is 6.00. The van der Waals surface area contributed by atoms with Crippen molar-refractivity contribution in [1.82, 2.24) is 4.90 Å². The zero-order valence-corrected chi connectivity index (χ0v) is 11.8. The van der Waals surface area contributed by atoms with Gasteiger partial charge >= 0.3 is 0 Å². The lowest BCUT2D eigenvalue weighted by molar-refractivity contribution is -0.00898. The topological polar surface area (TPSA) is 58.7 Å². The molecular formula is C14H21ClN2O2. The molecule has 5 heteroatoms. The SMILES string of the molecule is Nc1ccc(Cl)cc1CN1CCC(OCCO)CC1. The second-order valence-electron chi connectivity index (χ2n) is 4.91. The molecule has 0 radical (unpaired) electrons. The number of anilines is 1. The summed E-state index contributed by atoms with van der Waals surface area (Å²) in [5.74, 6) is 0. The van der Waals surface area contributed by atoms with Gasteiger partial charge in [-0.1, -0.05) is 11.6 Å². The van der Waals surface area contributed by atoms with E-state index in [1.807, 2.05) is 18.2 Å². The Morgan fingerprint density at radius 2 is 2.11 bits per heavy atom. The van der Waals surface area contributed by atoms with Crippen LogP contribution in [0.5, 0.6) is 0 Å². The monoisotopic (exact) mass is 284 g/mol. The predicted octanol–water partition coefficient (Wildman–Crippen LogP) is 1.90. The fraction of sp³-hybridized carbons (Fsp3) is 0.571. The number of benzene rings is 1. The number of likely N-dealkylation sites (tertiary alicyclic amines) is 1. The molecule has 1 fully saturated rings. The van der Waals surface area contributed by atoms with E-state index < -0.39 is 0 Å². The number of rotatable bonds is 5. The minimum Gasteiger partial charge on any atom is -0.398 e. The van der Waals surface area contributed by atoms with Gasteiger partial charge in [0, 0.05) is 30.3 Å². The summed E-state index contributed by atoms with van der Waals surface area (Å²) < 4.78 is 5.55. The molecule has 1 aromatic rings. The average Bonchev–Trinajstić information content (AvgIpc) is 2.42. The number of nitrogens with zero attached hydrogens (tertiary/aromatic N) is 1. The second-order valence-corrected chi connectivity index (χ2v) is 5.35. The highest BCUT2D eigenvalue weighted by molar-refractivity contribution is 6.30. The van der Waals surface area contributed by atoms with Gasteiger partial charge in [-0.25, -0.2) is 0 Å². The van der Waals surface area contributed by atoms with Crippen molar-refractivity contribution in [3.8, 4) is 0 Å². The van der Waals surface area contributed by atoms with Crippen molar-refractivity contribution in [2.75, 3.05) is 32.0 Å². The van der Waals surface area contributed by atoms with Crippen LogP contribution in [0, 0.1) is 0 Å². The summed E-state index contributed by atoms with van der Waals surface area (Å²) in [6.07, 6.45) is 2.28. The Hall–Kier alpha value is -0.810. The lowest BCUT2D eigenvalue weighted by Gasteiger charge is -2.32. The van der Waals surface area contributed by atoms with E-state index in [0.717, 1.165) is 48.7 Å². The van der Waals surface area contributed by atoms with Crippen molar-refractivity contribution in [3.63, 3.8) is 0 Å². The largest absolute Gasteiger partial charge is 0.398 e. The Balaban J connectivity index is 1.83. The first-order valence-electron chi connectivity index (χ1n) is 6.68. The van der Waals surface area contributed by atoms with E-state index >= 15 is 0 Å². The lowest BCUT2D eigenvalue weighted by atomic mass is 10.1. The molecule has 106 valence electrons. The molecule has 1 aliphatic rings. The molecule has 0 amide bonds. The van der Waals surface area contributed by atoms with Gasteiger partial charge in [0.15, 0.2) is 0 Å². The van der Waals surface area contributed by atoms with Gasteiger partial charge in [0.2, 0.25) is 0 Å². The number of hydrogen-bond donors (Lipinski definition) is 2. The van der Waals surface area contributed by atoms with Crippen molar-refractivity contribution < 1.29 is 9.84 Å². The van der Waals surface area contributed by atoms with Crippen molar-refractivity contribution in [2.24, 2.45) is 0 Å². The second kappa shape index (κ2) is 7.10. The van der Waals surface area contributed by atoms with E-state index in [1.165, 1.54) is 0 Å². The number of hydrogen-bond acceptors (Lipinski definition) is 4. The predicted molar refractivity (Wildman–Crippen MR) is 77.2 cm³/mol. The standard InChI is InChI=1S/C14H21ClN2O2/c15-12-1-2-14(16)11(9-12)10-17-5-3-13(4-6-17)19-8-7-18/h1-2,9,13,18H,3-8,10,16H2. The molecule has 0 aliphatic carbocycles. The smallest absolute Gasteiger partial charge is 0.0701 e. The molecule has 1 heterocycles. The van der Waals surface area contributed by atoms with Crippen molar-refractivity contribution in [1.29, 1.82) is 0 Å². The molecule has 3 N–H and O–H groups in total. The lowest BCUT2D eigenvalue weighted by Crippen LogP contribution is -2.37. The Morgan fingerprint density at radius 3 is 2.79 bits per heavy atom. The van der Waals surface area contributed by atoms with Gasteiger partial charge < -0.3 is 15.6 Å². The van der Waals surface area contributed by atoms with Crippen molar-refractivity contribution >= 4 is 17.3 Å². The molecular weight excluding hydrogens is 264 g/mol. The molecule has 0 atom stereocenters. The van der Waals surface area contributed by atoms with Gasteiger partial charge in [-0.15, -0.1) is 0 Å². The van der Waals surface area contributed by atoms with E-state index in [4.69, 9.17) is 27.2 Å². The van der Waals surface area contributed by atoms with Crippen LogP contribution < -0.4 is 5.73 Å². The van der Waals surface area contributed by atoms with Crippen molar-refractivity contribution in [2.45, 2.75) is 25.5 Å². The van der Waals surface area contributed by atoms with E-state index in [-0.39, 0.29) is 12.7 Å². The van der Waals surface area contributed by atoms with Gasteiger partial charge in [-0.05, 0) is 36.6 Å². The van der Waals surface area contributed by atoms with Crippen LogP contribution in [0.2, 0.25) is 5.02 Å². The van der Waals surface area contributed by atoms with Crippen molar-refractivity contribution in [3.05, 3.63) is 28.8 Å².